The van der Waals surface area contributed by atoms with E-state index in [2.05, 4.69) is 41.4 Å². The first-order chi connectivity index (χ1) is 16.2. The number of hydrogen-bond acceptors (Lipinski definition) is 5. The fourth-order valence-corrected chi connectivity index (χ4v) is 5.29. The molecule has 1 heterocycles. The van der Waals surface area contributed by atoms with Crippen molar-refractivity contribution in [2.75, 3.05) is 42.2 Å². The third-order valence-electron chi connectivity index (χ3n) is 6.44. The Bertz CT molecular complexity index is 1050. The van der Waals surface area contributed by atoms with E-state index in [1.165, 1.54) is 29.9 Å². The number of nitrogens with one attached hydrogen (secondary N) is 1. The second-order valence-corrected chi connectivity index (χ2v) is 11.1. The molecular weight excluding hydrogens is 450 g/mol. The lowest BCUT2D eigenvalue weighted by molar-refractivity contribution is -0.121. The van der Waals surface area contributed by atoms with E-state index < -0.39 is 10.0 Å². The van der Waals surface area contributed by atoms with E-state index in [-0.39, 0.29) is 24.9 Å². The summed E-state index contributed by atoms with van der Waals surface area (Å²) in [7, 11) is -2.01. The molecule has 0 aromatic heterocycles. The van der Waals surface area contributed by atoms with Crippen molar-refractivity contribution in [2.45, 2.75) is 45.6 Å². The monoisotopic (exact) mass is 487 g/mol. The van der Waals surface area contributed by atoms with Crippen molar-refractivity contribution in [1.29, 1.82) is 0 Å². The predicted octanol–water partition coefficient (Wildman–Crippen LogP) is 4.36. The average Bonchev–Trinajstić information content (AvgIpc) is 2.81. The van der Waals surface area contributed by atoms with Crippen LogP contribution in [0.15, 0.2) is 48.5 Å². The maximum absolute atomic E-state index is 12.6. The van der Waals surface area contributed by atoms with Crippen molar-refractivity contribution in [3.05, 3.63) is 54.1 Å². The number of para-hydroxylation sites is 2. The van der Waals surface area contributed by atoms with Crippen LogP contribution in [0.2, 0.25) is 0 Å². The van der Waals surface area contributed by atoms with Crippen LogP contribution in [0.4, 0.5) is 11.4 Å². The lowest BCUT2D eigenvalue weighted by atomic mass is 9.98. The van der Waals surface area contributed by atoms with E-state index in [1.807, 2.05) is 6.92 Å². The molecule has 1 amide bonds. The Balaban J connectivity index is 1.52. The van der Waals surface area contributed by atoms with Gasteiger partial charge in [-0.25, -0.2) is 8.42 Å². The summed E-state index contributed by atoms with van der Waals surface area (Å²) < 4.78 is 31.3. The number of ether oxygens (including phenoxy) is 1. The first-order valence-electron chi connectivity index (χ1n) is 11.9. The van der Waals surface area contributed by atoms with Gasteiger partial charge in [0.05, 0.1) is 25.1 Å². The zero-order chi connectivity index (χ0) is 24.7. The van der Waals surface area contributed by atoms with E-state index >= 15 is 0 Å². The van der Waals surface area contributed by atoms with Crippen LogP contribution in [-0.4, -0.2) is 47.3 Å². The molecule has 1 N–H and O–H groups in total. The van der Waals surface area contributed by atoms with Gasteiger partial charge in [-0.1, -0.05) is 31.2 Å². The molecule has 1 aliphatic heterocycles. The van der Waals surface area contributed by atoms with Crippen molar-refractivity contribution in [1.82, 2.24) is 5.32 Å². The van der Waals surface area contributed by atoms with Crippen LogP contribution in [0, 0.1) is 5.92 Å². The van der Waals surface area contributed by atoms with E-state index in [9.17, 15) is 13.2 Å². The van der Waals surface area contributed by atoms with E-state index in [0.717, 1.165) is 30.8 Å². The Morgan fingerprint density at radius 2 is 1.79 bits per heavy atom. The maximum atomic E-state index is 12.6. The summed E-state index contributed by atoms with van der Waals surface area (Å²) in [5.74, 6) is 1.17. The third kappa shape index (κ3) is 6.88. The molecule has 8 heteroatoms. The smallest absolute Gasteiger partial charge is 0.232 e. The molecule has 1 saturated heterocycles. The quantitative estimate of drug-likeness (QED) is 0.539. The minimum Gasteiger partial charge on any atom is -0.495 e. The Morgan fingerprint density at radius 3 is 2.41 bits per heavy atom. The maximum Gasteiger partial charge on any atom is 0.232 e. The summed E-state index contributed by atoms with van der Waals surface area (Å²) >= 11 is 0. The highest BCUT2D eigenvalue weighted by molar-refractivity contribution is 7.92. The fourth-order valence-electron chi connectivity index (χ4n) is 4.32. The molecule has 2 aromatic carbocycles. The van der Waals surface area contributed by atoms with Crippen molar-refractivity contribution in [3.63, 3.8) is 0 Å². The van der Waals surface area contributed by atoms with E-state index in [1.54, 1.807) is 24.3 Å². The molecular formula is C26H37N3O4S. The molecule has 3 rings (SSSR count). The van der Waals surface area contributed by atoms with Gasteiger partial charge in [-0.2, -0.15) is 0 Å². The van der Waals surface area contributed by atoms with Crippen LogP contribution < -0.4 is 19.3 Å². The number of piperidine rings is 1. The Morgan fingerprint density at radius 1 is 1.15 bits per heavy atom. The summed E-state index contributed by atoms with van der Waals surface area (Å²) in [5, 5.41) is 3.03. The standard InChI is InChI=1S/C26H37N3O4S/c1-20-15-18-28(19-16-20)23-13-11-22(12-14-23)21(2)27-26(30)10-7-17-29(34(4,31)32)24-8-5-6-9-25(24)33-3/h5-6,8-9,11-14,20-21H,7,10,15-19H2,1-4H3,(H,27,30)/t21-/m1/s1. The highest BCUT2D eigenvalue weighted by Crippen LogP contribution is 2.30. The first-order valence-corrected chi connectivity index (χ1v) is 13.8. The van der Waals surface area contributed by atoms with Crippen LogP contribution in [0.25, 0.3) is 0 Å². The molecule has 2 aromatic rings. The van der Waals surface area contributed by atoms with E-state index in [0.29, 0.717) is 17.9 Å². The molecule has 7 nitrogen and oxygen atoms in total. The fraction of sp³-hybridized carbons (Fsp3) is 0.500. The number of rotatable bonds is 10. The predicted molar refractivity (Wildman–Crippen MR) is 138 cm³/mol. The topological polar surface area (TPSA) is 79.0 Å². The second kappa shape index (κ2) is 11.6. The van der Waals surface area contributed by atoms with Crippen molar-refractivity contribution in [3.8, 4) is 5.75 Å². The number of benzene rings is 2. The molecule has 34 heavy (non-hydrogen) atoms. The zero-order valence-corrected chi connectivity index (χ0v) is 21.5. The van der Waals surface area contributed by atoms with Gasteiger partial charge < -0.3 is 15.0 Å². The Hall–Kier alpha value is -2.74. The van der Waals surface area contributed by atoms with Gasteiger partial charge in [0, 0.05) is 31.7 Å². The van der Waals surface area contributed by atoms with Crippen molar-refractivity contribution >= 4 is 27.3 Å². The number of carbonyl (C=O) groups excluding carboxylic acids is 1. The molecule has 0 saturated carbocycles. The van der Waals surface area contributed by atoms with Gasteiger partial charge in [0.25, 0.3) is 0 Å². The Kier molecular flexibility index (Phi) is 8.83. The highest BCUT2D eigenvalue weighted by atomic mass is 32.2. The molecule has 186 valence electrons. The van der Waals surface area contributed by atoms with Crippen molar-refractivity contribution < 1.29 is 17.9 Å². The molecule has 1 aliphatic rings. The van der Waals surface area contributed by atoms with Crippen LogP contribution in [-0.2, 0) is 14.8 Å². The average molecular weight is 488 g/mol. The SMILES string of the molecule is COc1ccccc1N(CCCC(=O)N[C@H](C)c1ccc(N2CCC(C)CC2)cc1)S(C)(=O)=O. The highest BCUT2D eigenvalue weighted by Gasteiger charge is 2.21. The minimum absolute atomic E-state index is 0.102. The Labute approximate surface area is 204 Å². The van der Waals surface area contributed by atoms with Gasteiger partial charge in [-0.05, 0) is 61.9 Å². The number of anilines is 2. The van der Waals surface area contributed by atoms with Crippen molar-refractivity contribution in [2.24, 2.45) is 5.92 Å². The number of amides is 1. The number of sulfonamides is 1. The molecule has 0 aliphatic carbocycles. The molecule has 1 fully saturated rings. The van der Waals surface area contributed by atoms with Crippen LogP contribution in [0.5, 0.6) is 5.75 Å². The largest absolute Gasteiger partial charge is 0.495 e. The number of methoxy groups -OCH3 is 1. The van der Waals surface area contributed by atoms with Gasteiger partial charge in [-0.15, -0.1) is 0 Å². The summed E-state index contributed by atoms with van der Waals surface area (Å²) in [6.07, 6.45) is 4.24. The first kappa shape index (κ1) is 25.9. The second-order valence-electron chi connectivity index (χ2n) is 9.16. The summed E-state index contributed by atoms with van der Waals surface area (Å²) in [5.41, 5.74) is 2.75. The van der Waals surface area contributed by atoms with E-state index in [4.69, 9.17) is 4.74 Å². The van der Waals surface area contributed by atoms with Gasteiger partial charge >= 0.3 is 0 Å². The lowest BCUT2D eigenvalue weighted by Gasteiger charge is -2.32. The molecule has 1 atom stereocenters. The number of nitrogens with zero attached hydrogens (tertiary/aromatic N) is 2. The van der Waals surface area contributed by atoms with Crippen LogP contribution in [0.3, 0.4) is 0 Å². The molecule has 0 unspecified atom stereocenters. The third-order valence-corrected chi connectivity index (χ3v) is 7.62. The normalized spacial score (nSPS) is 15.6. The van der Waals surface area contributed by atoms with Gasteiger partial charge in [0.2, 0.25) is 15.9 Å². The van der Waals surface area contributed by atoms with Gasteiger partial charge in [-0.3, -0.25) is 9.10 Å². The number of hydrogen-bond donors (Lipinski definition) is 1. The van der Waals surface area contributed by atoms with Crippen LogP contribution in [0.1, 0.15) is 51.1 Å². The molecule has 0 radical (unpaired) electrons. The van der Waals surface area contributed by atoms with Crippen LogP contribution >= 0.6 is 0 Å². The zero-order valence-electron chi connectivity index (χ0n) is 20.7. The minimum atomic E-state index is -3.51. The molecule has 0 bridgehead atoms. The summed E-state index contributed by atoms with van der Waals surface area (Å²) in [4.78, 5) is 15.0. The number of carbonyl (C=O) groups is 1. The lowest BCUT2D eigenvalue weighted by Crippen LogP contribution is -2.33. The summed E-state index contributed by atoms with van der Waals surface area (Å²) in [6, 6.07) is 15.3. The molecule has 0 spiro atoms. The van der Waals surface area contributed by atoms with Gasteiger partial charge in [0.15, 0.2) is 0 Å². The van der Waals surface area contributed by atoms with Gasteiger partial charge in [0.1, 0.15) is 5.75 Å². The summed E-state index contributed by atoms with van der Waals surface area (Å²) in [6.45, 7) is 6.65.